The summed E-state index contributed by atoms with van der Waals surface area (Å²) >= 11 is 3.45. The Hall–Kier alpha value is 0.440. The number of hydrogen-bond acceptors (Lipinski definition) is 1. The minimum atomic E-state index is 0.936. The van der Waals surface area contributed by atoms with Gasteiger partial charge in [-0.15, -0.1) is 0 Å². The van der Waals surface area contributed by atoms with Crippen LogP contribution in [0.25, 0.3) is 0 Å². The molecule has 0 N–H and O–H groups in total. The zero-order valence-electron chi connectivity index (χ0n) is 9.56. The highest BCUT2D eigenvalue weighted by atomic mass is 79.9. The highest BCUT2D eigenvalue weighted by Gasteiger charge is 1.91. The van der Waals surface area contributed by atoms with Crippen molar-refractivity contribution in [1.82, 2.24) is 0 Å². The Balaban J connectivity index is 2.78. The summed E-state index contributed by atoms with van der Waals surface area (Å²) in [7, 11) is 0. The third kappa shape index (κ3) is 12.4. The first kappa shape index (κ1) is 14.4. The first-order valence-electron chi connectivity index (χ1n) is 6.05. The minimum Gasteiger partial charge on any atom is -0.381 e. The zero-order chi connectivity index (χ0) is 10.5. The number of halogens is 1. The molecule has 86 valence electrons. The van der Waals surface area contributed by atoms with E-state index in [1.54, 1.807) is 0 Å². The highest BCUT2D eigenvalue weighted by molar-refractivity contribution is 9.09. The van der Waals surface area contributed by atoms with Crippen LogP contribution < -0.4 is 0 Å². The van der Waals surface area contributed by atoms with Gasteiger partial charge in [-0.25, -0.2) is 0 Å². The monoisotopic (exact) mass is 264 g/mol. The second-order valence-electron chi connectivity index (χ2n) is 3.78. The van der Waals surface area contributed by atoms with Crippen LogP contribution >= 0.6 is 15.9 Å². The van der Waals surface area contributed by atoms with Crippen LogP contribution in [0.2, 0.25) is 0 Å². The van der Waals surface area contributed by atoms with E-state index in [4.69, 9.17) is 4.74 Å². The van der Waals surface area contributed by atoms with Crippen molar-refractivity contribution < 1.29 is 4.74 Å². The number of ether oxygens (including phenoxy) is 1. The van der Waals surface area contributed by atoms with Crippen LogP contribution in [0.1, 0.15) is 58.3 Å². The van der Waals surface area contributed by atoms with Gasteiger partial charge in [-0.1, -0.05) is 55.0 Å². The van der Waals surface area contributed by atoms with Crippen molar-refractivity contribution in [3.05, 3.63) is 0 Å². The summed E-state index contributed by atoms with van der Waals surface area (Å²) in [4.78, 5) is 0. The van der Waals surface area contributed by atoms with E-state index in [0.29, 0.717) is 0 Å². The van der Waals surface area contributed by atoms with Crippen molar-refractivity contribution >= 4 is 15.9 Å². The van der Waals surface area contributed by atoms with Crippen molar-refractivity contribution in [2.75, 3.05) is 18.5 Å². The molecule has 0 aromatic carbocycles. The number of unbranched alkanes of at least 4 members (excludes halogenated alkanes) is 6. The fraction of sp³-hybridized carbons (Fsp3) is 1.00. The molecule has 0 unspecified atom stereocenters. The van der Waals surface area contributed by atoms with Gasteiger partial charge in [0.25, 0.3) is 0 Å². The summed E-state index contributed by atoms with van der Waals surface area (Å²) in [6.45, 7) is 4.06. The second kappa shape index (κ2) is 13.4. The van der Waals surface area contributed by atoms with E-state index >= 15 is 0 Å². The minimum absolute atomic E-state index is 0.936. The third-order valence-electron chi connectivity index (χ3n) is 2.27. The Bertz CT molecular complexity index is 84.3. The van der Waals surface area contributed by atoms with Crippen LogP contribution in [-0.2, 0) is 4.74 Å². The SMILES string of the molecule is CCCOCCCCCCCCCBr. The summed E-state index contributed by atoms with van der Waals surface area (Å²) in [6.07, 6.45) is 10.7. The number of hydrogen-bond donors (Lipinski definition) is 0. The predicted molar refractivity (Wildman–Crippen MR) is 67.2 cm³/mol. The Kier molecular flexibility index (Phi) is 13.9. The van der Waals surface area contributed by atoms with E-state index in [0.717, 1.165) is 25.0 Å². The van der Waals surface area contributed by atoms with Crippen LogP contribution in [0.15, 0.2) is 0 Å². The molecule has 0 atom stereocenters. The van der Waals surface area contributed by atoms with Gasteiger partial charge in [0.05, 0.1) is 0 Å². The summed E-state index contributed by atoms with van der Waals surface area (Å²) in [6, 6.07) is 0. The molecular weight excluding hydrogens is 240 g/mol. The Morgan fingerprint density at radius 1 is 0.786 bits per heavy atom. The summed E-state index contributed by atoms with van der Waals surface area (Å²) in [5.74, 6) is 0. The molecule has 0 saturated heterocycles. The molecule has 0 fully saturated rings. The lowest BCUT2D eigenvalue weighted by Crippen LogP contribution is -1.95. The second-order valence-corrected chi connectivity index (χ2v) is 4.57. The lowest BCUT2D eigenvalue weighted by atomic mass is 10.1. The van der Waals surface area contributed by atoms with Crippen molar-refractivity contribution in [2.24, 2.45) is 0 Å². The highest BCUT2D eigenvalue weighted by Crippen LogP contribution is 2.07. The summed E-state index contributed by atoms with van der Waals surface area (Å²) < 4.78 is 5.42. The van der Waals surface area contributed by atoms with Gasteiger partial charge in [0, 0.05) is 18.5 Å². The quantitative estimate of drug-likeness (QED) is 0.393. The molecule has 0 aliphatic heterocycles. The summed E-state index contributed by atoms with van der Waals surface area (Å²) in [5.41, 5.74) is 0. The van der Waals surface area contributed by atoms with Gasteiger partial charge in [0.15, 0.2) is 0 Å². The van der Waals surface area contributed by atoms with Gasteiger partial charge in [0.2, 0.25) is 0 Å². The van der Waals surface area contributed by atoms with Gasteiger partial charge in [-0.2, -0.15) is 0 Å². The van der Waals surface area contributed by atoms with Gasteiger partial charge in [0.1, 0.15) is 0 Å². The molecule has 0 aliphatic rings. The van der Waals surface area contributed by atoms with E-state index in [2.05, 4.69) is 22.9 Å². The Morgan fingerprint density at radius 3 is 1.93 bits per heavy atom. The molecular formula is C12H25BrO. The van der Waals surface area contributed by atoms with Crippen LogP contribution in [0.4, 0.5) is 0 Å². The maximum atomic E-state index is 5.42. The predicted octanol–water partition coefficient (Wildman–Crippen LogP) is 4.54. The van der Waals surface area contributed by atoms with E-state index in [1.165, 1.54) is 44.9 Å². The lowest BCUT2D eigenvalue weighted by molar-refractivity contribution is 0.130. The number of rotatable bonds is 11. The van der Waals surface area contributed by atoms with Crippen molar-refractivity contribution in [3.63, 3.8) is 0 Å². The molecule has 0 rings (SSSR count). The smallest absolute Gasteiger partial charge is 0.0466 e. The first-order valence-corrected chi connectivity index (χ1v) is 7.17. The van der Waals surface area contributed by atoms with Crippen molar-refractivity contribution in [3.8, 4) is 0 Å². The van der Waals surface area contributed by atoms with Gasteiger partial charge >= 0.3 is 0 Å². The molecule has 0 bridgehead atoms. The molecule has 0 aromatic rings. The Labute approximate surface area is 97.7 Å². The average molecular weight is 265 g/mol. The standard InChI is InChI=1S/C12H25BrO/c1-2-11-14-12-9-7-5-3-4-6-8-10-13/h2-12H2,1H3. The molecule has 0 radical (unpaired) electrons. The van der Waals surface area contributed by atoms with Crippen LogP contribution in [0.5, 0.6) is 0 Å². The van der Waals surface area contributed by atoms with E-state index in [1.807, 2.05) is 0 Å². The molecule has 0 aromatic heterocycles. The maximum Gasteiger partial charge on any atom is 0.0466 e. The van der Waals surface area contributed by atoms with Crippen LogP contribution in [-0.4, -0.2) is 18.5 Å². The van der Waals surface area contributed by atoms with Gasteiger partial charge < -0.3 is 4.74 Å². The first-order chi connectivity index (χ1) is 6.91. The molecule has 0 saturated carbocycles. The van der Waals surface area contributed by atoms with Crippen molar-refractivity contribution in [1.29, 1.82) is 0 Å². The van der Waals surface area contributed by atoms with Crippen molar-refractivity contribution in [2.45, 2.75) is 58.3 Å². The van der Waals surface area contributed by atoms with E-state index in [-0.39, 0.29) is 0 Å². The average Bonchev–Trinajstić information content (AvgIpc) is 2.21. The van der Waals surface area contributed by atoms with Crippen LogP contribution in [0, 0.1) is 0 Å². The summed E-state index contributed by atoms with van der Waals surface area (Å²) in [5, 5.41) is 1.16. The molecule has 14 heavy (non-hydrogen) atoms. The third-order valence-corrected chi connectivity index (χ3v) is 2.83. The topological polar surface area (TPSA) is 9.23 Å². The van der Waals surface area contributed by atoms with Gasteiger partial charge in [-0.3, -0.25) is 0 Å². The normalized spacial score (nSPS) is 10.7. The fourth-order valence-electron chi connectivity index (χ4n) is 1.43. The molecule has 0 spiro atoms. The molecule has 0 amide bonds. The Morgan fingerprint density at radius 2 is 1.36 bits per heavy atom. The van der Waals surface area contributed by atoms with E-state index < -0.39 is 0 Å². The zero-order valence-corrected chi connectivity index (χ0v) is 11.2. The molecule has 0 aliphatic carbocycles. The van der Waals surface area contributed by atoms with Gasteiger partial charge in [-0.05, 0) is 19.3 Å². The van der Waals surface area contributed by atoms with Crippen LogP contribution in [0.3, 0.4) is 0 Å². The lowest BCUT2D eigenvalue weighted by Gasteiger charge is -2.02. The van der Waals surface area contributed by atoms with E-state index in [9.17, 15) is 0 Å². The number of alkyl halides is 1. The largest absolute Gasteiger partial charge is 0.381 e. The molecule has 1 nitrogen and oxygen atoms in total. The maximum absolute atomic E-state index is 5.42. The molecule has 2 heteroatoms. The molecule has 0 heterocycles. The fourth-order valence-corrected chi connectivity index (χ4v) is 1.83.